The lowest BCUT2D eigenvalue weighted by Crippen LogP contribution is -2.31. The molecule has 1 aliphatic carbocycles. The summed E-state index contributed by atoms with van der Waals surface area (Å²) in [6.07, 6.45) is 2.73. The van der Waals surface area contributed by atoms with Crippen LogP contribution in [0.3, 0.4) is 0 Å². The number of carbonyl (C=O) groups is 1. The maximum atomic E-state index is 12.9. The first-order chi connectivity index (χ1) is 11.0. The standard InChI is InChI=1S/C18H21NO4/c1-11-9-13-10-15(23-2)7-8-16(13)17(20)19(11)14-5-3-12(4-6-14)18(21)22/h7-10,12,14H,3-6H2,1-2H3,(H,21,22). The number of carboxylic acids is 1. The van der Waals surface area contributed by atoms with Crippen molar-refractivity contribution in [2.24, 2.45) is 5.92 Å². The lowest BCUT2D eigenvalue weighted by molar-refractivity contribution is -0.143. The summed E-state index contributed by atoms with van der Waals surface area (Å²) in [5, 5.41) is 10.7. The third-order valence-corrected chi connectivity index (χ3v) is 4.86. The van der Waals surface area contributed by atoms with E-state index in [1.807, 2.05) is 23.6 Å². The fourth-order valence-corrected chi connectivity index (χ4v) is 3.60. The van der Waals surface area contributed by atoms with E-state index in [1.165, 1.54) is 0 Å². The third-order valence-electron chi connectivity index (χ3n) is 4.86. The van der Waals surface area contributed by atoms with Crippen LogP contribution in [0.15, 0.2) is 29.1 Å². The first-order valence-electron chi connectivity index (χ1n) is 7.94. The fourth-order valence-electron chi connectivity index (χ4n) is 3.60. The van der Waals surface area contributed by atoms with Crippen molar-refractivity contribution in [3.05, 3.63) is 40.3 Å². The molecule has 122 valence electrons. The van der Waals surface area contributed by atoms with Crippen molar-refractivity contribution in [2.75, 3.05) is 7.11 Å². The van der Waals surface area contributed by atoms with E-state index in [9.17, 15) is 9.59 Å². The predicted molar refractivity (Wildman–Crippen MR) is 88.1 cm³/mol. The molecule has 0 radical (unpaired) electrons. The Morgan fingerprint density at radius 3 is 2.52 bits per heavy atom. The zero-order valence-corrected chi connectivity index (χ0v) is 13.4. The summed E-state index contributed by atoms with van der Waals surface area (Å²) in [5.74, 6) is -0.263. The Labute approximate surface area is 134 Å². The summed E-state index contributed by atoms with van der Waals surface area (Å²) in [7, 11) is 1.61. The zero-order chi connectivity index (χ0) is 16.6. The van der Waals surface area contributed by atoms with Gasteiger partial charge < -0.3 is 14.4 Å². The molecular formula is C18H21NO4. The van der Waals surface area contributed by atoms with E-state index in [1.54, 1.807) is 19.2 Å². The molecule has 1 aliphatic rings. The molecule has 1 fully saturated rings. The predicted octanol–water partition coefficient (Wildman–Crippen LogP) is 3.13. The van der Waals surface area contributed by atoms with Crippen LogP contribution in [0.5, 0.6) is 5.75 Å². The summed E-state index contributed by atoms with van der Waals surface area (Å²) < 4.78 is 7.06. The van der Waals surface area contributed by atoms with Crippen molar-refractivity contribution < 1.29 is 14.6 Å². The number of pyridine rings is 1. The number of benzene rings is 1. The second kappa shape index (κ2) is 6.07. The summed E-state index contributed by atoms with van der Waals surface area (Å²) in [6.45, 7) is 1.93. The molecule has 2 aromatic rings. The Hall–Kier alpha value is -2.30. The average Bonchev–Trinajstić information content (AvgIpc) is 2.54. The third kappa shape index (κ3) is 2.83. The molecule has 0 unspecified atom stereocenters. The molecule has 0 amide bonds. The number of aliphatic carboxylic acids is 1. The van der Waals surface area contributed by atoms with E-state index < -0.39 is 5.97 Å². The van der Waals surface area contributed by atoms with E-state index >= 15 is 0 Å². The summed E-state index contributed by atoms with van der Waals surface area (Å²) in [5.41, 5.74) is 0.913. The molecule has 5 heteroatoms. The Morgan fingerprint density at radius 2 is 1.91 bits per heavy atom. The molecule has 1 N–H and O–H groups in total. The normalized spacial score (nSPS) is 21.3. The molecule has 0 atom stereocenters. The number of nitrogens with zero attached hydrogens (tertiary/aromatic N) is 1. The van der Waals surface area contributed by atoms with E-state index in [0.717, 1.165) is 29.7 Å². The minimum absolute atomic E-state index is 0.00132. The average molecular weight is 315 g/mol. The van der Waals surface area contributed by atoms with Crippen LogP contribution in [-0.2, 0) is 4.79 Å². The van der Waals surface area contributed by atoms with Gasteiger partial charge in [0.2, 0.25) is 0 Å². The molecule has 0 saturated heterocycles. The van der Waals surface area contributed by atoms with Gasteiger partial charge in [-0.15, -0.1) is 0 Å². The molecule has 1 aromatic heterocycles. The Bertz CT molecular complexity index is 801. The van der Waals surface area contributed by atoms with Crippen molar-refractivity contribution in [2.45, 2.75) is 38.6 Å². The largest absolute Gasteiger partial charge is 0.497 e. The molecule has 23 heavy (non-hydrogen) atoms. The van der Waals surface area contributed by atoms with Crippen LogP contribution >= 0.6 is 0 Å². The van der Waals surface area contributed by atoms with E-state index in [2.05, 4.69) is 0 Å². The van der Waals surface area contributed by atoms with Gasteiger partial charge in [-0.05, 0) is 62.3 Å². The van der Waals surface area contributed by atoms with Crippen LogP contribution in [0.4, 0.5) is 0 Å². The first kappa shape index (κ1) is 15.6. The lowest BCUT2D eigenvalue weighted by atomic mass is 9.85. The summed E-state index contributed by atoms with van der Waals surface area (Å²) >= 11 is 0. The number of ether oxygens (including phenoxy) is 1. The van der Waals surface area contributed by atoms with Gasteiger partial charge in [-0.3, -0.25) is 9.59 Å². The molecule has 0 spiro atoms. The SMILES string of the molecule is COc1ccc2c(=O)n(C3CCC(C(=O)O)CC3)c(C)cc2c1. The Morgan fingerprint density at radius 1 is 1.22 bits per heavy atom. The van der Waals surface area contributed by atoms with Gasteiger partial charge in [0.05, 0.1) is 13.0 Å². The molecule has 0 bridgehead atoms. The molecule has 0 aliphatic heterocycles. The molecule has 1 saturated carbocycles. The van der Waals surface area contributed by atoms with Crippen LogP contribution in [0.25, 0.3) is 10.8 Å². The number of rotatable bonds is 3. The number of fused-ring (bicyclic) bond motifs is 1. The Balaban J connectivity index is 1.99. The number of hydrogen-bond donors (Lipinski definition) is 1. The molecule has 1 aromatic carbocycles. The number of carboxylic acid groups (broad SMARTS) is 1. The van der Waals surface area contributed by atoms with Crippen LogP contribution in [-0.4, -0.2) is 22.8 Å². The van der Waals surface area contributed by atoms with Crippen molar-refractivity contribution in [3.63, 3.8) is 0 Å². The molecule has 5 nitrogen and oxygen atoms in total. The molecular weight excluding hydrogens is 294 g/mol. The van der Waals surface area contributed by atoms with Gasteiger partial charge in [0.25, 0.3) is 5.56 Å². The number of methoxy groups -OCH3 is 1. The topological polar surface area (TPSA) is 68.5 Å². The Kier molecular flexibility index (Phi) is 4.11. The monoisotopic (exact) mass is 315 g/mol. The highest BCUT2D eigenvalue weighted by Gasteiger charge is 2.28. The summed E-state index contributed by atoms with van der Waals surface area (Å²) in [6, 6.07) is 7.56. The van der Waals surface area contributed by atoms with Crippen LogP contribution in [0.2, 0.25) is 0 Å². The minimum atomic E-state index is -0.724. The fraction of sp³-hybridized carbons (Fsp3) is 0.444. The van der Waals surface area contributed by atoms with Gasteiger partial charge in [-0.25, -0.2) is 0 Å². The van der Waals surface area contributed by atoms with Crippen molar-refractivity contribution in [1.82, 2.24) is 4.57 Å². The summed E-state index contributed by atoms with van der Waals surface area (Å²) in [4.78, 5) is 24.0. The molecule has 1 heterocycles. The van der Waals surface area contributed by atoms with Gasteiger partial charge in [-0.2, -0.15) is 0 Å². The smallest absolute Gasteiger partial charge is 0.306 e. The van der Waals surface area contributed by atoms with Gasteiger partial charge in [0, 0.05) is 17.1 Å². The van der Waals surface area contributed by atoms with Gasteiger partial charge in [0.15, 0.2) is 0 Å². The number of hydrogen-bond acceptors (Lipinski definition) is 3. The van der Waals surface area contributed by atoms with E-state index in [0.29, 0.717) is 18.2 Å². The van der Waals surface area contributed by atoms with E-state index in [-0.39, 0.29) is 17.5 Å². The molecule has 3 rings (SSSR count). The maximum absolute atomic E-state index is 12.9. The van der Waals surface area contributed by atoms with E-state index in [4.69, 9.17) is 9.84 Å². The van der Waals surface area contributed by atoms with Gasteiger partial charge in [-0.1, -0.05) is 0 Å². The lowest BCUT2D eigenvalue weighted by Gasteiger charge is -2.29. The van der Waals surface area contributed by atoms with Gasteiger partial charge in [0.1, 0.15) is 5.75 Å². The highest BCUT2D eigenvalue weighted by molar-refractivity contribution is 5.83. The quantitative estimate of drug-likeness (QED) is 0.945. The van der Waals surface area contributed by atoms with Crippen LogP contribution in [0.1, 0.15) is 37.4 Å². The maximum Gasteiger partial charge on any atom is 0.306 e. The van der Waals surface area contributed by atoms with Crippen molar-refractivity contribution >= 4 is 16.7 Å². The number of aryl methyl sites for hydroxylation is 1. The van der Waals surface area contributed by atoms with Crippen LogP contribution in [0, 0.1) is 12.8 Å². The zero-order valence-electron chi connectivity index (χ0n) is 13.4. The first-order valence-corrected chi connectivity index (χ1v) is 7.94. The van der Waals surface area contributed by atoms with Crippen molar-refractivity contribution in [3.8, 4) is 5.75 Å². The minimum Gasteiger partial charge on any atom is -0.497 e. The van der Waals surface area contributed by atoms with Gasteiger partial charge >= 0.3 is 5.97 Å². The highest BCUT2D eigenvalue weighted by atomic mass is 16.5. The van der Waals surface area contributed by atoms with Crippen LogP contribution < -0.4 is 10.3 Å². The second-order valence-electron chi connectivity index (χ2n) is 6.26. The van der Waals surface area contributed by atoms with Crippen molar-refractivity contribution in [1.29, 1.82) is 0 Å². The highest BCUT2D eigenvalue weighted by Crippen LogP contribution is 2.33. The number of aromatic nitrogens is 1. The second-order valence-corrected chi connectivity index (χ2v) is 6.26.